The number of nitrogens with zero attached hydrogens (tertiary/aromatic N) is 4. The second-order valence-electron chi connectivity index (χ2n) is 4.75. The molecule has 1 aromatic heterocycles. The molecular weight excluding hydrogens is 274 g/mol. The topological polar surface area (TPSA) is 60.8 Å². The summed E-state index contributed by atoms with van der Waals surface area (Å²) in [5.74, 6) is 1.04. The number of aliphatic imine (C=N–C) groups is 1. The lowest BCUT2D eigenvalue weighted by Crippen LogP contribution is -2.53. The zero-order chi connectivity index (χ0) is 14.5. The van der Waals surface area contributed by atoms with Crippen molar-refractivity contribution in [2.45, 2.75) is 20.4 Å². The standard InChI is InChI=1S/C13H21N5OS/c1-10-12(20-9-16-10)8-15-13(14-3)18-6-4-17(5-7-18)11(2)19/h9H,4-8H2,1-3H3,(H,14,15). The SMILES string of the molecule is CN=C(NCc1scnc1C)N1CCN(C(C)=O)CC1. The lowest BCUT2D eigenvalue weighted by Gasteiger charge is -2.36. The minimum Gasteiger partial charge on any atom is -0.351 e. The van der Waals surface area contributed by atoms with Gasteiger partial charge in [0.05, 0.1) is 17.7 Å². The van der Waals surface area contributed by atoms with Crippen LogP contribution >= 0.6 is 11.3 Å². The van der Waals surface area contributed by atoms with Gasteiger partial charge in [-0.15, -0.1) is 11.3 Å². The largest absolute Gasteiger partial charge is 0.351 e. The van der Waals surface area contributed by atoms with Crippen molar-refractivity contribution in [2.75, 3.05) is 33.2 Å². The maximum absolute atomic E-state index is 11.3. The molecule has 0 unspecified atom stereocenters. The maximum atomic E-state index is 11.3. The molecule has 110 valence electrons. The Morgan fingerprint density at radius 2 is 2.05 bits per heavy atom. The van der Waals surface area contributed by atoms with Crippen molar-refractivity contribution in [3.8, 4) is 0 Å². The van der Waals surface area contributed by atoms with Crippen molar-refractivity contribution < 1.29 is 4.79 Å². The molecule has 1 fully saturated rings. The fourth-order valence-electron chi connectivity index (χ4n) is 2.22. The van der Waals surface area contributed by atoms with E-state index in [1.54, 1.807) is 25.3 Å². The fourth-order valence-corrected chi connectivity index (χ4v) is 2.94. The Balaban J connectivity index is 1.87. The highest BCUT2D eigenvalue weighted by atomic mass is 32.1. The van der Waals surface area contributed by atoms with Gasteiger partial charge in [-0.05, 0) is 6.92 Å². The van der Waals surface area contributed by atoms with E-state index >= 15 is 0 Å². The summed E-state index contributed by atoms with van der Waals surface area (Å²) in [5.41, 5.74) is 2.93. The highest BCUT2D eigenvalue weighted by molar-refractivity contribution is 7.09. The molecular formula is C13H21N5OS. The van der Waals surface area contributed by atoms with Crippen LogP contribution in [0.25, 0.3) is 0 Å². The van der Waals surface area contributed by atoms with E-state index in [0.29, 0.717) is 0 Å². The molecule has 1 amide bonds. The van der Waals surface area contributed by atoms with Crippen LogP contribution in [0.15, 0.2) is 10.5 Å². The predicted molar refractivity (Wildman–Crippen MR) is 80.9 cm³/mol. The molecule has 0 aliphatic carbocycles. The molecule has 0 saturated carbocycles. The molecule has 1 saturated heterocycles. The van der Waals surface area contributed by atoms with E-state index in [2.05, 4.69) is 20.2 Å². The summed E-state index contributed by atoms with van der Waals surface area (Å²) in [7, 11) is 1.79. The molecule has 1 N–H and O–H groups in total. The van der Waals surface area contributed by atoms with E-state index in [-0.39, 0.29) is 5.91 Å². The van der Waals surface area contributed by atoms with Crippen LogP contribution < -0.4 is 5.32 Å². The number of carbonyl (C=O) groups excluding carboxylic acids is 1. The number of thiazole rings is 1. The van der Waals surface area contributed by atoms with Gasteiger partial charge in [0.1, 0.15) is 0 Å². The van der Waals surface area contributed by atoms with Crippen molar-refractivity contribution >= 4 is 23.2 Å². The van der Waals surface area contributed by atoms with E-state index in [1.165, 1.54) is 4.88 Å². The number of amides is 1. The molecule has 20 heavy (non-hydrogen) atoms. The first-order valence-corrected chi connectivity index (χ1v) is 7.60. The molecule has 7 heteroatoms. The van der Waals surface area contributed by atoms with Crippen molar-refractivity contribution in [2.24, 2.45) is 4.99 Å². The van der Waals surface area contributed by atoms with Gasteiger partial charge in [0, 0.05) is 45.0 Å². The van der Waals surface area contributed by atoms with E-state index in [1.807, 2.05) is 17.3 Å². The molecule has 0 aromatic carbocycles. The highest BCUT2D eigenvalue weighted by Crippen LogP contribution is 2.11. The average Bonchev–Trinajstić information content (AvgIpc) is 2.85. The third-order valence-corrected chi connectivity index (χ3v) is 4.42. The molecule has 1 aliphatic heterocycles. The fraction of sp³-hybridized carbons (Fsp3) is 0.615. The number of guanidine groups is 1. The second kappa shape index (κ2) is 6.69. The van der Waals surface area contributed by atoms with Gasteiger partial charge >= 0.3 is 0 Å². The molecule has 6 nitrogen and oxygen atoms in total. The van der Waals surface area contributed by atoms with E-state index in [0.717, 1.165) is 44.4 Å². The molecule has 0 atom stereocenters. The number of aryl methyl sites for hydroxylation is 1. The smallest absolute Gasteiger partial charge is 0.219 e. The number of hydrogen-bond acceptors (Lipinski definition) is 4. The average molecular weight is 295 g/mol. The van der Waals surface area contributed by atoms with Crippen LogP contribution in [0.1, 0.15) is 17.5 Å². The predicted octanol–water partition coefficient (Wildman–Crippen LogP) is 0.691. The van der Waals surface area contributed by atoms with Crippen LogP contribution in [0.4, 0.5) is 0 Å². The van der Waals surface area contributed by atoms with Crippen molar-refractivity contribution in [3.05, 3.63) is 16.1 Å². The van der Waals surface area contributed by atoms with Crippen molar-refractivity contribution in [1.82, 2.24) is 20.1 Å². The third-order valence-electron chi connectivity index (χ3n) is 3.49. The molecule has 2 heterocycles. The second-order valence-corrected chi connectivity index (χ2v) is 5.69. The maximum Gasteiger partial charge on any atom is 0.219 e. The molecule has 1 aliphatic rings. The molecule has 0 bridgehead atoms. The van der Waals surface area contributed by atoms with Crippen LogP contribution in [0, 0.1) is 6.92 Å². The molecule has 0 spiro atoms. The Kier molecular flexibility index (Phi) is 4.94. The van der Waals surface area contributed by atoms with Crippen LogP contribution in [0.2, 0.25) is 0 Å². The molecule has 1 aromatic rings. The Morgan fingerprint density at radius 1 is 1.40 bits per heavy atom. The number of piperazine rings is 1. The van der Waals surface area contributed by atoms with Gasteiger partial charge in [0.25, 0.3) is 0 Å². The highest BCUT2D eigenvalue weighted by Gasteiger charge is 2.20. The Labute approximate surface area is 123 Å². The monoisotopic (exact) mass is 295 g/mol. The van der Waals surface area contributed by atoms with Gasteiger partial charge in [0.15, 0.2) is 5.96 Å². The van der Waals surface area contributed by atoms with E-state index < -0.39 is 0 Å². The zero-order valence-electron chi connectivity index (χ0n) is 12.2. The van der Waals surface area contributed by atoms with Gasteiger partial charge in [-0.3, -0.25) is 9.79 Å². The Hall–Kier alpha value is -1.63. The van der Waals surface area contributed by atoms with Gasteiger partial charge in [-0.25, -0.2) is 4.98 Å². The summed E-state index contributed by atoms with van der Waals surface area (Å²) in [6.07, 6.45) is 0. The summed E-state index contributed by atoms with van der Waals surface area (Å²) in [5, 5.41) is 3.37. The van der Waals surface area contributed by atoms with Gasteiger partial charge < -0.3 is 15.1 Å². The van der Waals surface area contributed by atoms with Crippen molar-refractivity contribution in [3.63, 3.8) is 0 Å². The van der Waals surface area contributed by atoms with E-state index in [9.17, 15) is 4.79 Å². The summed E-state index contributed by atoms with van der Waals surface area (Å²) < 4.78 is 0. The van der Waals surface area contributed by atoms with Gasteiger partial charge in [-0.1, -0.05) is 0 Å². The number of rotatable bonds is 2. The Bertz CT molecular complexity index is 491. The number of nitrogens with one attached hydrogen (secondary N) is 1. The number of carbonyl (C=O) groups is 1. The Morgan fingerprint density at radius 3 is 2.55 bits per heavy atom. The summed E-state index contributed by atoms with van der Waals surface area (Å²) in [4.78, 5) is 25.2. The third kappa shape index (κ3) is 3.47. The minimum atomic E-state index is 0.146. The number of hydrogen-bond donors (Lipinski definition) is 1. The summed E-state index contributed by atoms with van der Waals surface area (Å²) in [6, 6.07) is 0. The summed E-state index contributed by atoms with van der Waals surface area (Å²) in [6.45, 7) is 7.54. The first-order valence-electron chi connectivity index (χ1n) is 6.72. The van der Waals surface area contributed by atoms with Crippen LogP contribution in [-0.2, 0) is 11.3 Å². The molecule has 2 rings (SSSR count). The molecule has 0 radical (unpaired) electrons. The van der Waals surface area contributed by atoms with Gasteiger partial charge in [0.2, 0.25) is 5.91 Å². The summed E-state index contributed by atoms with van der Waals surface area (Å²) >= 11 is 1.65. The van der Waals surface area contributed by atoms with Crippen LogP contribution in [0.5, 0.6) is 0 Å². The van der Waals surface area contributed by atoms with Crippen LogP contribution in [0.3, 0.4) is 0 Å². The number of aromatic nitrogens is 1. The van der Waals surface area contributed by atoms with Gasteiger partial charge in [-0.2, -0.15) is 0 Å². The lowest BCUT2D eigenvalue weighted by molar-refractivity contribution is -0.130. The quantitative estimate of drug-likeness (QED) is 0.644. The van der Waals surface area contributed by atoms with Crippen LogP contribution in [-0.4, -0.2) is 59.9 Å². The first-order chi connectivity index (χ1) is 9.61. The zero-order valence-corrected chi connectivity index (χ0v) is 13.0. The van der Waals surface area contributed by atoms with Crippen molar-refractivity contribution in [1.29, 1.82) is 0 Å². The normalized spacial score (nSPS) is 16.4. The minimum absolute atomic E-state index is 0.146. The first kappa shape index (κ1) is 14.8. The lowest BCUT2D eigenvalue weighted by atomic mass is 10.3. The van der Waals surface area contributed by atoms with E-state index in [4.69, 9.17) is 0 Å².